The zero-order valence-corrected chi connectivity index (χ0v) is 16.9. The molecule has 2 amide bonds. The molecule has 4 nitrogen and oxygen atoms in total. The molecule has 0 aliphatic carbocycles. The number of rotatable bonds is 9. The van der Waals surface area contributed by atoms with Crippen LogP contribution in [0.15, 0.2) is 48.5 Å². The van der Waals surface area contributed by atoms with Gasteiger partial charge < -0.3 is 10.2 Å². The van der Waals surface area contributed by atoms with E-state index in [1.54, 1.807) is 23.1 Å². The Morgan fingerprint density at radius 1 is 1.04 bits per heavy atom. The van der Waals surface area contributed by atoms with E-state index in [1.807, 2.05) is 45.0 Å². The summed E-state index contributed by atoms with van der Waals surface area (Å²) >= 11 is 0. The molecule has 2 aromatic carbocycles. The molecule has 0 saturated heterocycles. The first-order valence-corrected chi connectivity index (χ1v) is 9.83. The lowest BCUT2D eigenvalue weighted by Crippen LogP contribution is -2.49. The van der Waals surface area contributed by atoms with Crippen LogP contribution in [0.5, 0.6) is 0 Å². The molecular weight excluding hydrogens is 355 g/mol. The molecule has 5 heteroatoms. The normalized spacial score (nSPS) is 11.7. The summed E-state index contributed by atoms with van der Waals surface area (Å²) in [7, 11) is 0. The number of carbonyl (C=O) groups excluding carboxylic acids is 2. The second kappa shape index (κ2) is 10.6. The summed E-state index contributed by atoms with van der Waals surface area (Å²) in [5.41, 5.74) is 2.37. The van der Waals surface area contributed by atoms with Gasteiger partial charge in [0.15, 0.2) is 0 Å². The summed E-state index contributed by atoms with van der Waals surface area (Å²) in [6, 6.07) is 13.5. The van der Waals surface area contributed by atoms with Crippen molar-refractivity contribution in [2.24, 2.45) is 0 Å². The van der Waals surface area contributed by atoms with Crippen molar-refractivity contribution in [1.82, 2.24) is 10.2 Å². The highest BCUT2D eigenvalue weighted by atomic mass is 19.1. The van der Waals surface area contributed by atoms with Crippen LogP contribution in [0.1, 0.15) is 43.4 Å². The Balaban J connectivity index is 2.31. The number of nitrogens with one attached hydrogen (secondary N) is 1. The van der Waals surface area contributed by atoms with Crippen molar-refractivity contribution in [3.05, 3.63) is 71.0 Å². The van der Waals surface area contributed by atoms with Crippen LogP contribution < -0.4 is 5.32 Å². The van der Waals surface area contributed by atoms with Gasteiger partial charge >= 0.3 is 0 Å². The van der Waals surface area contributed by atoms with E-state index in [4.69, 9.17) is 0 Å². The molecule has 0 bridgehead atoms. The third-order valence-electron chi connectivity index (χ3n) is 4.84. The lowest BCUT2D eigenvalue weighted by Gasteiger charge is -2.31. The molecule has 2 rings (SSSR count). The molecule has 1 atom stereocenters. The molecule has 0 fully saturated rings. The fraction of sp³-hybridized carbons (Fsp3) is 0.391. The van der Waals surface area contributed by atoms with Gasteiger partial charge in [-0.05, 0) is 42.5 Å². The third-order valence-corrected chi connectivity index (χ3v) is 4.84. The highest BCUT2D eigenvalue weighted by molar-refractivity contribution is 5.88. The zero-order valence-electron chi connectivity index (χ0n) is 16.9. The smallest absolute Gasteiger partial charge is 0.242 e. The molecule has 0 radical (unpaired) electrons. The van der Waals surface area contributed by atoms with Crippen molar-refractivity contribution in [3.63, 3.8) is 0 Å². The van der Waals surface area contributed by atoms with Crippen molar-refractivity contribution >= 4 is 11.8 Å². The standard InChI is InChI=1S/C23H29FN2O2/c1-4-14-25-23(28)21(5-2)26(16-19-12-7-6-10-17(19)3)22(27)15-18-11-8-9-13-20(18)24/h6-13,21H,4-5,14-16H2,1-3H3,(H,25,28)/t21-/m0/s1. The predicted molar refractivity (Wildman–Crippen MR) is 109 cm³/mol. The number of halogens is 1. The molecule has 0 aromatic heterocycles. The van der Waals surface area contributed by atoms with Gasteiger partial charge in [0.1, 0.15) is 11.9 Å². The number of hydrogen-bond acceptors (Lipinski definition) is 2. The maximum Gasteiger partial charge on any atom is 0.242 e. The quantitative estimate of drug-likeness (QED) is 0.710. The summed E-state index contributed by atoms with van der Waals surface area (Å²) in [5, 5.41) is 2.89. The van der Waals surface area contributed by atoms with Crippen LogP contribution in [-0.2, 0) is 22.6 Å². The average Bonchev–Trinajstić information content (AvgIpc) is 2.69. The predicted octanol–water partition coefficient (Wildman–Crippen LogP) is 4.01. The van der Waals surface area contributed by atoms with Crippen LogP contribution in [0.4, 0.5) is 4.39 Å². The van der Waals surface area contributed by atoms with Crippen molar-refractivity contribution < 1.29 is 14.0 Å². The van der Waals surface area contributed by atoms with E-state index in [0.717, 1.165) is 17.5 Å². The van der Waals surface area contributed by atoms with Crippen molar-refractivity contribution in [1.29, 1.82) is 0 Å². The Morgan fingerprint density at radius 2 is 1.68 bits per heavy atom. The summed E-state index contributed by atoms with van der Waals surface area (Å²) < 4.78 is 14.1. The second-order valence-corrected chi connectivity index (χ2v) is 6.93. The van der Waals surface area contributed by atoms with Gasteiger partial charge in [0, 0.05) is 13.1 Å². The maximum absolute atomic E-state index is 14.1. The number of hydrogen-bond donors (Lipinski definition) is 1. The summed E-state index contributed by atoms with van der Waals surface area (Å²) in [4.78, 5) is 27.4. The number of aryl methyl sites for hydroxylation is 1. The molecule has 0 saturated carbocycles. The van der Waals surface area contributed by atoms with Crippen LogP contribution in [0.2, 0.25) is 0 Å². The van der Waals surface area contributed by atoms with Crippen molar-refractivity contribution in [2.75, 3.05) is 6.54 Å². The first kappa shape index (κ1) is 21.6. The van der Waals surface area contributed by atoms with Gasteiger partial charge in [0.25, 0.3) is 0 Å². The van der Waals surface area contributed by atoms with Crippen LogP contribution >= 0.6 is 0 Å². The lowest BCUT2D eigenvalue weighted by atomic mass is 10.0. The van der Waals surface area contributed by atoms with Gasteiger partial charge in [-0.3, -0.25) is 9.59 Å². The Labute approximate surface area is 166 Å². The molecule has 1 N–H and O–H groups in total. The fourth-order valence-electron chi connectivity index (χ4n) is 3.16. The highest BCUT2D eigenvalue weighted by Crippen LogP contribution is 2.18. The van der Waals surface area contributed by atoms with Crippen molar-refractivity contribution in [2.45, 2.75) is 52.6 Å². The van der Waals surface area contributed by atoms with Gasteiger partial charge in [0.05, 0.1) is 6.42 Å². The molecule has 0 unspecified atom stereocenters. The number of nitrogens with zero attached hydrogens (tertiary/aromatic N) is 1. The van der Waals surface area contributed by atoms with Gasteiger partial charge in [-0.2, -0.15) is 0 Å². The molecule has 28 heavy (non-hydrogen) atoms. The van der Waals surface area contributed by atoms with Crippen LogP contribution in [0.3, 0.4) is 0 Å². The van der Waals surface area contributed by atoms with Crippen molar-refractivity contribution in [3.8, 4) is 0 Å². The first-order chi connectivity index (χ1) is 13.5. The SMILES string of the molecule is CCCNC(=O)[C@H](CC)N(Cc1ccccc1C)C(=O)Cc1ccccc1F. The monoisotopic (exact) mass is 384 g/mol. The molecule has 150 valence electrons. The van der Waals surface area contributed by atoms with E-state index in [0.29, 0.717) is 25.1 Å². The molecule has 0 heterocycles. The van der Waals surface area contributed by atoms with E-state index < -0.39 is 11.9 Å². The zero-order chi connectivity index (χ0) is 20.5. The van der Waals surface area contributed by atoms with E-state index in [1.165, 1.54) is 6.07 Å². The average molecular weight is 384 g/mol. The van der Waals surface area contributed by atoms with E-state index in [2.05, 4.69) is 5.32 Å². The topological polar surface area (TPSA) is 49.4 Å². The molecule has 0 aliphatic rings. The van der Waals surface area contributed by atoms with Gasteiger partial charge in [-0.15, -0.1) is 0 Å². The highest BCUT2D eigenvalue weighted by Gasteiger charge is 2.29. The van der Waals surface area contributed by atoms with Gasteiger partial charge in [-0.1, -0.05) is 56.3 Å². The Bertz CT molecular complexity index is 807. The minimum absolute atomic E-state index is 0.0733. The summed E-state index contributed by atoms with van der Waals surface area (Å²) in [5.74, 6) is -0.832. The third kappa shape index (κ3) is 5.65. The van der Waals surface area contributed by atoms with E-state index >= 15 is 0 Å². The Hall–Kier alpha value is -2.69. The van der Waals surface area contributed by atoms with Crippen LogP contribution in [0.25, 0.3) is 0 Å². The van der Waals surface area contributed by atoms with Crippen LogP contribution in [-0.4, -0.2) is 29.3 Å². The fourth-order valence-corrected chi connectivity index (χ4v) is 3.16. The largest absolute Gasteiger partial charge is 0.354 e. The minimum atomic E-state index is -0.592. The summed E-state index contributed by atoms with van der Waals surface area (Å²) in [6.45, 7) is 6.73. The Morgan fingerprint density at radius 3 is 2.29 bits per heavy atom. The molecule has 0 aliphatic heterocycles. The van der Waals surface area contributed by atoms with E-state index in [9.17, 15) is 14.0 Å². The molecular formula is C23H29FN2O2. The molecule has 2 aromatic rings. The number of carbonyl (C=O) groups is 2. The van der Waals surface area contributed by atoms with Gasteiger partial charge in [-0.25, -0.2) is 4.39 Å². The number of benzene rings is 2. The maximum atomic E-state index is 14.1. The minimum Gasteiger partial charge on any atom is -0.354 e. The number of amides is 2. The van der Waals surface area contributed by atoms with Gasteiger partial charge in [0.2, 0.25) is 11.8 Å². The first-order valence-electron chi connectivity index (χ1n) is 9.83. The van der Waals surface area contributed by atoms with Crippen LogP contribution in [0, 0.1) is 12.7 Å². The summed E-state index contributed by atoms with van der Waals surface area (Å²) in [6.07, 6.45) is 1.24. The molecule has 0 spiro atoms. The van der Waals surface area contributed by atoms with E-state index in [-0.39, 0.29) is 18.2 Å². The Kier molecular flexibility index (Phi) is 8.18. The lowest BCUT2D eigenvalue weighted by molar-refractivity contribution is -0.141. The second-order valence-electron chi connectivity index (χ2n) is 6.93.